The first-order chi connectivity index (χ1) is 16.2. The van der Waals surface area contributed by atoms with E-state index in [0.29, 0.717) is 23.3 Å². The van der Waals surface area contributed by atoms with Gasteiger partial charge in [0.15, 0.2) is 11.5 Å². The van der Waals surface area contributed by atoms with Gasteiger partial charge in [-0.15, -0.1) is 0 Å². The predicted octanol–water partition coefficient (Wildman–Crippen LogP) is 2.19. The van der Waals surface area contributed by atoms with Crippen molar-refractivity contribution in [3.05, 3.63) is 54.7 Å². The second-order valence-corrected chi connectivity index (χ2v) is 7.72. The van der Waals surface area contributed by atoms with E-state index in [-0.39, 0.29) is 5.48 Å². The Morgan fingerprint density at radius 1 is 0.794 bits per heavy atom. The fourth-order valence-electron chi connectivity index (χ4n) is 3.98. The van der Waals surface area contributed by atoms with Crippen molar-refractivity contribution in [3.63, 3.8) is 0 Å². The van der Waals surface area contributed by atoms with Gasteiger partial charge in [-0.1, -0.05) is 30.3 Å². The van der Waals surface area contributed by atoms with Gasteiger partial charge in [0, 0.05) is 49.4 Å². The van der Waals surface area contributed by atoms with Gasteiger partial charge in [0.05, 0.1) is 25.4 Å². The molecule has 1 aliphatic heterocycles. The highest BCUT2D eigenvalue weighted by Crippen LogP contribution is 2.34. The van der Waals surface area contributed by atoms with Crippen molar-refractivity contribution in [1.82, 2.24) is 19.9 Å². The Kier molecular flexibility index (Phi) is 6.60. The van der Waals surface area contributed by atoms with Crippen LogP contribution in [0.25, 0.3) is 22.2 Å². The van der Waals surface area contributed by atoms with Crippen LogP contribution >= 0.6 is 0 Å². The molecule has 0 saturated carbocycles. The summed E-state index contributed by atoms with van der Waals surface area (Å²) in [5, 5.41) is 0.737. The molecule has 0 spiro atoms. The fraction of sp³-hybridized carbons (Fsp3) is 0.250. The summed E-state index contributed by atoms with van der Waals surface area (Å²) in [7, 11) is 3.19. The number of fused-ring (bicyclic) bond motifs is 1. The number of rotatable bonds is 5. The molecule has 2 aromatic heterocycles. The molecule has 34 heavy (non-hydrogen) atoms. The van der Waals surface area contributed by atoms with Crippen LogP contribution in [0, 0.1) is 0 Å². The highest BCUT2D eigenvalue weighted by molar-refractivity contribution is 5.91. The molecule has 0 bridgehead atoms. The standard InChI is InChI=1S/C24H25N7O2.H2O/c1-32-20-14-17-19(15-21(20)33-2)28-24(29-22(17)25)31-12-10-30(11-13-31)23-26-9-8-18(27-23)16-6-4-3-5-7-16;/h3-9,14-15H,10-13H2,1-2H3,(H2,25,28,29);1H2. The Labute approximate surface area is 197 Å². The van der Waals surface area contributed by atoms with E-state index in [9.17, 15) is 0 Å². The van der Waals surface area contributed by atoms with Crippen LogP contribution in [0.4, 0.5) is 17.7 Å². The molecular weight excluding hydrogens is 434 g/mol. The Morgan fingerprint density at radius 3 is 2.12 bits per heavy atom. The average molecular weight is 462 g/mol. The van der Waals surface area contributed by atoms with Crippen molar-refractivity contribution < 1.29 is 14.9 Å². The monoisotopic (exact) mass is 461 g/mol. The quantitative estimate of drug-likeness (QED) is 0.474. The zero-order chi connectivity index (χ0) is 22.8. The van der Waals surface area contributed by atoms with E-state index >= 15 is 0 Å². The highest BCUT2D eigenvalue weighted by Gasteiger charge is 2.22. The molecule has 1 fully saturated rings. The summed E-state index contributed by atoms with van der Waals surface area (Å²) in [6, 6.07) is 15.7. The lowest BCUT2D eigenvalue weighted by Crippen LogP contribution is -2.47. The van der Waals surface area contributed by atoms with Crippen LogP contribution in [0.1, 0.15) is 0 Å². The van der Waals surface area contributed by atoms with E-state index in [0.717, 1.165) is 54.3 Å². The van der Waals surface area contributed by atoms with E-state index in [1.807, 2.05) is 42.6 Å². The highest BCUT2D eigenvalue weighted by atomic mass is 16.5. The molecule has 1 aliphatic rings. The Morgan fingerprint density at radius 2 is 1.44 bits per heavy atom. The van der Waals surface area contributed by atoms with Gasteiger partial charge in [-0.2, -0.15) is 4.98 Å². The summed E-state index contributed by atoms with van der Waals surface area (Å²) >= 11 is 0. The van der Waals surface area contributed by atoms with Gasteiger partial charge in [0.2, 0.25) is 11.9 Å². The van der Waals surface area contributed by atoms with E-state index in [4.69, 9.17) is 25.2 Å². The van der Waals surface area contributed by atoms with Gasteiger partial charge in [0.1, 0.15) is 5.82 Å². The maximum absolute atomic E-state index is 6.26. The number of benzene rings is 2. The summed E-state index contributed by atoms with van der Waals surface area (Å²) in [5.41, 5.74) is 8.97. The number of hydrogen-bond acceptors (Lipinski definition) is 9. The van der Waals surface area contributed by atoms with Crippen molar-refractivity contribution in [3.8, 4) is 22.8 Å². The average Bonchev–Trinajstić information content (AvgIpc) is 2.88. The molecule has 3 heterocycles. The van der Waals surface area contributed by atoms with Crippen LogP contribution in [0.3, 0.4) is 0 Å². The smallest absolute Gasteiger partial charge is 0.228 e. The number of hydrogen-bond donors (Lipinski definition) is 1. The number of aromatic nitrogens is 4. The second-order valence-electron chi connectivity index (χ2n) is 7.72. The fourth-order valence-corrected chi connectivity index (χ4v) is 3.98. The van der Waals surface area contributed by atoms with Crippen molar-refractivity contribution >= 4 is 28.6 Å². The Bertz CT molecular complexity index is 1280. The number of nitrogens with two attached hydrogens (primary N) is 1. The normalized spacial score (nSPS) is 13.5. The largest absolute Gasteiger partial charge is 0.493 e. The van der Waals surface area contributed by atoms with Crippen molar-refractivity contribution in [2.24, 2.45) is 0 Å². The molecule has 2 aromatic carbocycles. The van der Waals surface area contributed by atoms with E-state index in [1.165, 1.54) is 0 Å². The lowest BCUT2D eigenvalue weighted by Gasteiger charge is -2.35. The minimum absolute atomic E-state index is 0. The molecule has 0 aliphatic carbocycles. The van der Waals surface area contributed by atoms with Crippen LogP contribution in [-0.2, 0) is 0 Å². The first-order valence-corrected chi connectivity index (χ1v) is 10.7. The molecule has 5 rings (SSSR count). The van der Waals surface area contributed by atoms with Crippen LogP contribution in [0.2, 0.25) is 0 Å². The molecule has 0 amide bonds. The molecular formula is C24H27N7O3. The minimum Gasteiger partial charge on any atom is -0.493 e. The van der Waals surface area contributed by atoms with Crippen molar-refractivity contribution in [1.29, 1.82) is 0 Å². The molecule has 1 saturated heterocycles. The Balaban J connectivity index is 0.00000274. The van der Waals surface area contributed by atoms with Gasteiger partial charge in [-0.05, 0) is 12.1 Å². The molecule has 0 radical (unpaired) electrons. The van der Waals surface area contributed by atoms with Gasteiger partial charge in [-0.25, -0.2) is 15.0 Å². The summed E-state index contributed by atoms with van der Waals surface area (Å²) in [6.45, 7) is 2.98. The molecule has 10 nitrogen and oxygen atoms in total. The molecule has 0 atom stereocenters. The summed E-state index contributed by atoms with van der Waals surface area (Å²) in [4.78, 5) is 22.9. The van der Waals surface area contributed by atoms with Gasteiger partial charge in [-0.3, -0.25) is 0 Å². The number of piperazine rings is 1. The third kappa shape index (κ3) is 4.35. The van der Waals surface area contributed by atoms with E-state index in [1.54, 1.807) is 14.2 Å². The van der Waals surface area contributed by atoms with Crippen molar-refractivity contribution in [2.45, 2.75) is 0 Å². The number of ether oxygens (including phenoxy) is 2. The first kappa shape index (κ1) is 23.0. The third-order valence-electron chi connectivity index (χ3n) is 5.78. The Hall–Kier alpha value is -4.18. The third-order valence-corrected chi connectivity index (χ3v) is 5.78. The van der Waals surface area contributed by atoms with Crippen LogP contribution in [0.15, 0.2) is 54.7 Å². The summed E-state index contributed by atoms with van der Waals surface area (Å²) in [6.07, 6.45) is 1.81. The minimum atomic E-state index is 0. The van der Waals surface area contributed by atoms with Gasteiger partial charge in [0.25, 0.3) is 0 Å². The number of nitrogen functional groups attached to an aromatic ring is 1. The second kappa shape index (κ2) is 9.75. The van der Waals surface area contributed by atoms with Gasteiger partial charge >= 0.3 is 0 Å². The molecule has 176 valence electrons. The lowest BCUT2D eigenvalue weighted by molar-refractivity contribution is 0.356. The van der Waals surface area contributed by atoms with Crippen LogP contribution in [0.5, 0.6) is 11.5 Å². The zero-order valence-corrected chi connectivity index (χ0v) is 19.1. The lowest BCUT2D eigenvalue weighted by atomic mass is 10.1. The number of anilines is 3. The molecule has 10 heteroatoms. The van der Waals surface area contributed by atoms with E-state index in [2.05, 4.69) is 31.9 Å². The SMILES string of the molecule is COc1cc2nc(N3CCN(c4nccc(-c5ccccc5)n4)CC3)nc(N)c2cc1OC.O. The summed E-state index contributed by atoms with van der Waals surface area (Å²) < 4.78 is 10.8. The predicted molar refractivity (Wildman–Crippen MR) is 133 cm³/mol. The first-order valence-electron chi connectivity index (χ1n) is 10.7. The van der Waals surface area contributed by atoms with Crippen LogP contribution < -0.4 is 25.0 Å². The van der Waals surface area contributed by atoms with Crippen LogP contribution in [-0.4, -0.2) is 65.8 Å². The maximum atomic E-state index is 6.26. The topological polar surface area (TPSA) is 134 Å². The summed E-state index contributed by atoms with van der Waals surface area (Å²) in [5.74, 6) is 2.95. The number of nitrogens with zero attached hydrogens (tertiary/aromatic N) is 6. The zero-order valence-electron chi connectivity index (χ0n) is 19.1. The molecule has 4 N–H and O–H groups in total. The maximum Gasteiger partial charge on any atom is 0.228 e. The van der Waals surface area contributed by atoms with E-state index < -0.39 is 0 Å². The molecule has 0 unspecified atom stereocenters. The van der Waals surface area contributed by atoms with Gasteiger partial charge < -0.3 is 30.5 Å². The molecule has 4 aromatic rings. The van der Waals surface area contributed by atoms with Crippen molar-refractivity contribution in [2.75, 3.05) is 55.9 Å². The number of methoxy groups -OCH3 is 2.